The van der Waals surface area contributed by atoms with Crippen molar-refractivity contribution in [3.63, 3.8) is 0 Å². The van der Waals surface area contributed by atoms with Crippen LogP contribution in [0.3, 0.4) is 0 Å². The van der Waals surface area contributed by atoms with Gasteiger partial charge in [0, 0.05) is 31.3 Å². The second kappa shape index (κ2) is 7.32. The molecule has 18 heavy (non-hydrogen) atoms. The number of carboxylic acid groups (broad SMARTS) is 1. The number of amides is 1. The van der Waals surface area contributed by atoms with Gasteiger partial charge < -0.3 is 15.7 Å². The van der Waals surface area contributed by atoms with E-state index in [4.69, 9.17) is 5.11 Å². The van der Waals surface area contributed by atoms with Crippen molar-refractivity contribution < 1.29 is 14.7 Å². The molecular formula is C13H18N2O3. The summed E-state index contributed by atoms with van der Waals surface area (Å²) in [5, 5.41) is 14.4. The maximum absolute atomic E-state index is 10.8. The van der Waals surface area contributed by atoms with Crippen LogP contribution in [0.1, 0.15) is 26.2 Å². The number of carboxylic acids is 1. The molecule has 1 amide bonds. The quantitative estimate of drug-likeness (QED) is 0.649. The van der Waals surface area contributed by atoms with Crippen molar-refractivity contribution in [1.82, 2.24) is 0 Å². The van der Waals surface area contributed by atoms with Crippen LogP contribution >= 0.6 is 0 Å². The number of carbonyl (C=O) groups is 2. The number of unbranched alkanes of at least 4 members (excludes halogenated alkanes) is 1. The molecule has 1 aromatic carbocycles. The molecule has 0 atom stereocenters. The largest absolute Gasteiger partial charge is 0.481 e. The Balaban J connectivity index is 2.26. The molecule has 0 fully saturated rings. The molecule has 3 N–H and O–H groups in total. The topological polar surface area (TPSA) is 78.4 Å². The van der Waals surface area contributed by atoms with Gasteiger partial charge in [-0.15, -0.1) is 0 Å². The summed E-state index contributed by atoms with van der Waals surface area (Å²) >= 11 is 0. The summed E-state index contributed by atoms with van der Waals surface area (Å²) in [7, 11) is 0. The molecule has 5 nitrogen and oxygen atoms in total. The summed E-state index contributed by atoms with van der Waals surface area (Å²) in [5.41, 5.74) is 1.72. The highest BCUT2D eigenvalue weighted by molar-refractivity contribution is 5.88. The fourth-order valence-electron chi connectivity index (χ4n) is 1.51. The standard InChI is InChI=1S/C13H18N2O3/c1-10(16)15-12-7-5-11(6-8-12)14-9-3-2-4-13(17)18/h5-8,14H,2-4,9H2,1H3,(H,15,16)(H,17,18). The summed E-state index contributed by atoms with van der Waals surface area (Å²) < 4.78 is 0. The van der Waals surface area contributed by atoms with Crippen LogP contribution in [0.15, 0.2) is 24.3 Å². The second-order valence-electron chi connectivity index (χ2n) is 4.04. The SMILES string of the molecule is CC(=O)Nc1ccc(NCCCCC(=O)O)cc1. The Labute approximate surface area is 106 Å². The van der Waals surface area contributed by atoms with Crippen molar-refractivity contribution in [2.75, 3.05) is 17.2 Å². The third-order valence-electron chi connectivity index (χ3n) is 2.35. The minimum absolute atomic E-state index is 0.0932. The Morgan fingerprint density at radius 2 is 1.72 bits per heavy atom. The molecule has 0 spiro atoms. The molecule has 0 radical (unpaired) electrons. The van der Waals surface area contributed by atoms with Crippen molar-refractivity contribution >= 4 is 23.3 Å². The number of aliphatic carboxylic acids is 1. The molecule has 5 heteroatoms. The predicted octanol–water partition coefficient (Wildman–Crippen LogP) is 2.31. The fraction of sp³-hybridized carbons (Fsp3) is 0.385. The van der Waals surface area contributed by atoms with Crippen LogP contribution < -0.4 is 10.6 Å². The Hall–Kier alpha value is -2.04. The molecule has 0 aliphatic carbocycles. The highest BCUT2D eigenvalue weighted by Gasteiger charge is 1.98. The first-order valence-electron chi connectivity index (χ1n) is 5.91. The van der Waals surface area contributed by atoms with Crippen LogP contribution in [0.25, 0.3) is 0 Å². The number of benzene rings is 1. The number of hydrogen-bond donors (Lipinski definition) is 3. The van der Waals surface area contributed by atoms with Crippen LogP contribution in [-0.4, -0.2) is 23.5 Å². The summed E-state index contributed by atoms with van der Waals surface area (Å²) in [6.45, 7) is 2.21. The lowest BCUT2D eigenvalue weighted by molar-refractivity contribution is -0.137. The molecule has 0 aromatic heterocycles. The minimum atomic E-state index is -0.755. The van der Waals surface area contributed by atoms with Gasteiger partial charge in [0.2, 0.25) is 5.91 Å². The van der Waals surface area contributed by atoms with E-state index in [1.54, 1.807) is 0 Å². The molecule has 1 rings (SSSR count). The highest BCUT2D eigenvalue weighted by atomic mass is 16.4. The van der Waals surface area contributed by atoms with E-state index < -0.39 is 5.97 Å². The van der Waals surface area contributed by atoms with Crippen LogP contribution in [0, 0.1) is 0 Å². The van der Waals surface area contributed by atoms with E-state index in [9.17, 15) is 9.59 Å². The monoisotopic (exact) mass is 250 g/mol. The Kier molecular flexibility index (Phi) is 5.70. The average Bonchev–Trinajstić information content (AvgIpc) is 2.30. The van der Waals surface area contributed by atoms with Gasteiger partial charge in [-0.2, -0.15) is 0 Å². The van der Waals surface area contributed by atoms with Gasteiger partial charge in [-0.1, -0.05) is 0 Å². The van der Waals surface area contributed by atoms with Gasteiger partial charge in [-0.3, -0.25) is 9.59 Å². The van der Waals surface area contributed by atoms with Crippen LogP contribution in [0.5, 0.6) is 0 Å². The van der Waals surface area contributed by atoms with Gasteiger partial charge in [-0.25, -0.2) is 0 Å². The lowest BCUT2D eigenvalue weighted by atomic mass is 10.2. The molecule has 0 aliphatic rings. The number of anilines is 2. The molecule has 0 heterocycles. The van der Waals surface area contributed by atoms with E-state index in [0.29, 0.717) is 6.42 Å². The van der Waals surface area contributed by atoms with Crippen LogP contribution in [-0.2, 0) is 9.59 Å². The molecule has 0 bridgehead atoms. The van der Waals surface area contributed by atoms with Crippen molar-refractivity contribution in [1.29, 1.82) is 0 Å². The first-order valence-corrected chi connectivity index (χ1v) is 5.91. The summed E-state index contributed by atoms with van der Waals surface area (Å²) in [5.74, 6) is -0.848. The Morgan fingerprint density at radius 3 is 2.28 bits per heavy atom. The van der Waals surface area contributed by atoms with Crippen molar-refractivity contribution in [3.8, 4) is 0 Å². The minimum Gasteiger partial charge on any atom is -0.481 e. The zero-order valence-electron chi connectivity index (χ0n) is 10.4. The van der Waals surface area contributed by atoms with Gasteiger partial charge >= 0.3 is 5.97 Å². The molecule has 98 valence electrons. The average molecular weight is 250 g/mol. The highest BCUT2D eigenvalue weighted by Crippen LogP contribution is 2.13. The molecule has 0 saturated carbocycles. The Morgan fingerprint density at radius 1 is 1.11 bits per heavy atom. The lowest BCUT2D eigenvalue weighted by Crippen LogP contribution is -2.06. The zero-order chi connectivity index (χ0) is 13.4. The van der Waals surface area contributed by atoms with E-state index in [-0.39, 0.29) is 12.3 Å². The third-order valence-corrected chi connectivity index (χ3v) is 2.35. The van der Waals surface area contributed by atoms with Gasteiger partial charge in [-0.05, 0) is 37.1 Å². The number of hydrogen-bond acceptors (Lipinski definition) is 3. The van der Waals surface area contributed by atoms with Crippen molar-refractivity contribution in [3.05, 3.63) is 24.3 Å². The van der Waals surface area contributed by atoms with Gasteiger partial charge in [0.15, 0.2) is 0 Å². The van der Waals surface area contributed by atoms with Crippen molar-refractivity contribution in [2.24, 2.45) is 0 Å². The van der Waals surface area contributed by atoms with Gasteiger partial charge in [0.05, 0.1) is 0 Å². The smallest absolute Gasteiger partial charge is 0.303 e. The van der Waals surface area contributed by atoms with E-state index in [1.807, 2.05) is 24.3 Å². The molecule has 1 aromatic rings. The normalized spacial score (nSPS) is 9.83. The molecule has 0 aliphatic heterocycles. The van der Waals surface area contributed by atoms with E-state index in [0.717, 1.165) is 24.3 Å². The zero-order valence-corrected chi connectivity index (χ0v) is 10.4. The maximum atomic E-state index is 10.8. The molecule has 0 saturated heterocycles. The first kappa shape index (κ1) is 14.0. The number of rotatable bonds is 7. The van der Waals surface area contributed by atoms with Gasteiger partial charge in [0.25, 0.3) is 0 Å². The summed E-state index contributed by atoms with van der Waals surface area (Å²) in [6.07, 6.45) is 1.70. The summed E-state index contributed by atoms with van der Waals surface area (Å²) in [4.78, 5) is 21.1. The number of carbonyl (C=O) groups excluding carboxylic acids is 1. The maximum Gasteiger partial charge on any atom is 0.303 e. The van der Waals surface area contributed by atoms with Crippen molar-refractivity contribution in [2.45, 2.75) is 26.2 Å². The fourth-order valence-corrected chi connectivity index (χ4v) is 1.51. The van der Waals surface area contributed by atoms with Crippen LogP contribution in [0.2, 0.25) is 0 Å². The second-order valence-corrected chi connectivity index (χ2v) is 4.04. The van der Waals surface area contributed by atoms with E-state index >= 15 is 0 Å². The lowest BCUT2D eigenvalue weighted by Gasteiger charge is -2.07. The van der Waals surface area contributed by atoms with E-state index in [1.165, 1.54) is 6.92 Å². The first-order chi connectivity index (χ1) is 8.58. The molecular weight excluding hydrogens is 232 g/mol. The number of nitrogens with one attached hydrogen (secondary N) is 2. The van der Waals surface area contributed by atoms with Gasteiger partial charge in [0.1, 0.15) is 0 Å². The molecule has 0 unspecified atom stereocenters. The third kappa shape index (κ3) is 5.89. The van der Waals surface area contributed by atoms with E-state index in [2.05, 4.69) is 10.6 Å². The Bertz CT molecular complexity index is 401. The predicted molar refractivity (Wildman–Crippen MR) is 70.7 cm³/mol. The van der Waals surface area contributed by atoms with Crippen LogP contribution in [0.4, 0.5) is 11.4 Å². The summed E-state index contributed by atoms with van der Waals surface area (Å²) in [6, 6.07) is 7.40.